The van der Waals surface area contributed by atoms with Gasteiger partial charge in [0.2, 0.25) is 0 Å². The van der Waals surface area contributed by atoms with Gasteiger partial charge >= 0.3 is 0 Å². The van der Waals surface area contributed by atoms with Crippen molar-refractivity contribution in [3.8, 4) is 0 Å². The van der Waals surface area contributed by atoms with Crippen molar-refractivity contribution < 1.29 is 10.2 Å². The fraction of sp³-hybridized carbons (Fsp3) is 0.778. The second kappa shape index (κ2) is 2.47. The molecule has 0 spiro atoms. The first-order chi connectivity index (χ1) is 5.26. The molecule has 70 valence electrons. The topological polar surface area (TPSA) is 47.7 Å². The summed E-state index contributed by atoms with van der Waals surface area (Å²) in [5, 5.41) is 21.4. The van der Waals surface area contributed by atoms with Crippen molar-refractivity contribution in [2.75, 3.05) is 0 Å². The fourth-order valence-electron chi connectivity index (χ4n) is 1.94. The first kappa shape index (κ1) is 9.55. The number of nitrogens with one attached hydrogen (secondary N) is 1. The lowest BCUT2D eigenvalue weighted by Gasteiger charge is -2.49. The van der Waals surface area contributed by atoms with Crippen LogP contribution >= 0.6 is 0 Å². The maximum Gasteiger partial charge on any atom is 0.114 e. The lowest BCUT2D eigenvalue weighted by atomic mass is 9.87. The van der Waals surface area contributed by atoms with Crippen LogP contribution in [-0.4, -0.2) is 16.2 Å². The SMILES string of the molecule is CC1(C)C=C(O)CC(C)(C)[NH+]1[O-]. The van der Waals surface area contributed by atoms with Gasteiger partial charge in [-0.2, -0.15) is 0 Å². The van der Waals surface area contributed by atoms with E-state index in [1.165, 1.54) is 0 Å². The summed E-state index contributed by atoms with van der Waals surface area (Å²) in [7, 11) is 0. The standard InChI is InChI=1S/C9H17NO2/c1-8(2)5-7(11)6-9(3,4)10(8)12/h5,10-11H,6H2,1-4H3. The summed E-state index contributed by atoms with van der Waals surface area (Å²) in [4.78, 5) is 0. The molecule has 1 aliphatic heterocycles. The minimum Gasteiger partial charge on any atom is -0.633 e. The molecule has 0 aromatic heterocycles. The zero-order valence-corrected chi connectivity index (χ0v) is 8.14. The first-order valence-corrected chi connectivity index (χ1v) is 4.21. The number of aliphatic hydroxyl groups is 1. The average molecular weight is 171 g/mol. The van der Waals surface area contributed by atoms with E-state index in [0.29, 0.717) is 12.2 Å². The van der Waals surface area contributed by atoms with Crippen molar-refractivity contribution in [2.45, 2.75) is 45.2 Å². The fourth-order valence-corrected chi connectivity index (χ4v) is 1.94. The molecular weight excluding hydrogens is 154 g/mol. The molecule has 0 saturated carbocycles. The van der Waals surface area contributed by atoms with E-state index in [4.69, 9.17) is 0 Å². The highest BCUT2D eigenvalue weighted by molar-refractivity contribution is 5.08. The number of quaternary nitrogens is 1. The Labute approximate surface area is 73.3 Å². The molecule has 0 aromatic rings. The molecular formula is C9H17NO2. The minimum absolute atomic E-state index is 0.202. The Kier molecular flexibility index (Phi) is 1.97. The molecule has 1 aliphatic rings. The summed E-state index contributed by atoms with van der Waals surface area (Å²) in [6.07, 6.45) is 2.12. The van der Waals surface area contributed by atoms with Crippen molar-refractivity contribution in [1.29, 1.82) is 0 Å². The maximum absolute atomic E-state index is 11.8. The monoisotopic (exact) mass is 171 g/mol. The van der Waals surface area contributed by atoms with E-state index in [-0.39, 0.29) is 5.06 Å². The molecule has 0 amide bonds. The number of rotatable bonds is 0. The van der Waals surface area contributed by atoms with Gasteiger partial charge in [-0.25, -0.2) is 0 Å². The van der Waals surface area contributed by atoms with Crippen molar-refractivity contribution in [2.24, 2.45) is 0 Å². The van der Waals surface area contributed by atoms with Crippen molar-refractivity contribution in [1.82, 2.24) is 0 Å². The maximum atomic E-state index is 11.8. The van der Waals surface area contributed by atoms with E-state index in [9.17, 15) is 10.3 Å². The highest BCUT2D eigenvalue weighted by Gasteiger charge is 2.40. The molecule has 3 nitrogen and oxygen atoms in total. The Hall–Kier alpha value is -0.540. The third kappa shape index (κ3) is 1.47. The van der Waals surface area contributed by atoms with Gasteiger partial charge in [0.1, 0.15) is 11.3 Å². The zero-order valence-electron chi connectivity index (χ0n) is 8.14. The molecule has 1 rings (SSSR count). The predicted molar refractivity (Wildman–Crippen MR) is 47.8 cm³/mol. The largest absolute Gasteiger partial charge is 0.633 e. The van der Waals surface area contributed by atoms with Crippen LogP contribution < -0.4 is 5.06 Å². The Morgan fingerprint density at radius 2 is 1.92 bits per heavy atom. The quantitative estimate of drug-likeness (QED) is 0.529. The van der Waals surface area contributed by atoms with Crippen LogP contribution in [0, 0.1) is 5.21 Å². The number of hydrogen-bond donors (Lipinski definition) is 2. The molecule has 2 N–H and O–H groups in total. The smallest absolute Gasteiger partial charge is 0.114 e. The Morgan fingerprint density at radius 3 is 2.33 bits per heavy atom. The van der Waals surface area contributed by atoms with Crippen LogP contribution in [0.1, 0.15) is 34.1 Å². The number of hydrogen-bond acceptors (Lipinski definition) is 2. The van der Waals surface area contributed by atoms with Gasteiger partial charge in [0, 0.05) is 6.08 Å². The van der Waals surface area contributed by atoms with Crippen LogP contribution in [0.2, 0.25) is 0 Å². The molecule has 0 fully saturated rings. The van der Waals surface area contributed by atoms with Gasteiger partial charge in [0.15, 0.2) is 0 Å². The molecule has 0 aromatic carbocycles. The molecule has 12 heavy (non-hydrogen) atoms. The van der Waals surface area contributed by atoms with E-state index >= 15 is 0 Å². The number of aliphatic hydroxyl groups excluding tert-OH is 1. The van der Waals surface area contributed by atoms with E-state index in [2.05, 4.69) is 0 Å². The summed E-state index contributed by atoms with van der Waals surface area (Å²) in [5.74, 6) is 0.338. The average Bonchev–Trinajstić information content (AvgIpc) is 1.80. The summed E-state index contributed by atoms with van der Waals surface area (Å²) in [6.45, 7) is 7.43. The third-order valence-corrected chi connectivity index (χ3v) is 2.35. The van der Waals surface area contributed by atoms with Crippen molar-refractivity contribution in [3.05, 3.63) is 17.0 Å². The van der Waals surface area contributed by atoms with Crippen molar-refractivity contribution >= 4 is 0 Å². The zero-order chi connectivity index (χ0) is 9.57. The van der Waals surface area contributed by atoms with E-state index < -0.39 is 11.1 Å². The number of hydroxylamine groups is 2. The van der Waals surface area contributed by atoms with Crippen LogP contribution in [0.15, 0.2) is 11.8 Å². The third-order valence-electron chi connectivity index (χ3n) is 2.35. The van der Waals surface area contributed by atoms with Gasteiger partial charge in [-0.05, 0) is 27.7 Å². The van der Waals surface area contributed by atoms with Crippen LogP contribution in [0.25, 0.3) is 0 Å². The van der Waals surface area contributed by atoms with E-state index in [0.717, 1.165) is 0 Å². The van der Waals surface area contributed by atoms with E-state index in [1.807, 2.05) is 27.7 Å². The van der Waals surface area contributed by atoms with Crippen LogP contribution in [0.4, 0.5) is 0 Å². The van der Waals surface area contributed by atoms with Gasteiger partial charge < -0.3 is 15.4 Å². The van der Waals surface area contributed by atoms with Gasteiger partial charge in [-0.1, -0.05) is 0 Å². The van der Waals surface area contributed by atoms with Crippen LogP contribution in [0.5, 0.6) is 0 Å². The summed E-state index contributed by atoms with van der Waals surface area (Å²) in [5.41, 5.74) is -0.922. The molecule has 0 bridgehead atoms. The van der Waals surface area contributed by atoms with E-state index in [1.54, 1.807) is 6.08 Å². The molecule has 3 heteroatoms. The van der Waals surface area contributed by atoms with Crippen LogP contribution in [-0.2, 0) is 0 Å². The second-order valence-corrected chi connectivity index (χ2v) is 4.75. The molecule has 1 unspecified atom stereocenters. The Morgan fingerprint density at radius 1 is 1.42 bits per heavy atom. The Bertz CT molecular complexity index is 219. The summed E-state index contributed by atoms with van der Waals surface area (Å²) in [6, 6.07) is 0. The summed E-state index contributed by atoms with van der Waals surface area (Å²) >= 11 is 0. The normalized spacial score (nSPS) is 32.8. The lowest BCUT2D eigenvalue weighted by Crippen LogP contribution is -3.22. The van der Waals surface area contributed by atoms with Crippen molar-refractivity contribution in [3.63, 3.8) is 0 Å². The lowest BCUT2D eigenvalue weighted by molar-refractivity contribution is -0.943. The minimum atomic E-state index is -0.508. The highest BCUT2D eigenvalue weighted by Crippen LogP contribution is 2.20. The van der Waals surface area contributed by atoms with Crippen LogP contribution in [0.3, 0.4) is 0 Å². The second-order valence-electron chi connectivity index (χ2n) is 4.75. The molecule has 0 radical (unpaired) electrons. The van der Waals surface area contributed by atoms with Gasteiger partial charge in [-0.3, -0.25) is 0 Å². The molecule has 0 saturated heterocycles. The predicted octanol–water partition coefficient (Wildman–Crippen LogP) is 0.772. The molecule has 0 aliphatic carbocycles. The van der Waals surface area contributed by atoms with Gasteiger partial charge in [0.05, 0.1) is 12.0 Å². The highest BCUT2D eigenvalue weighted by atomic mass is 16.5. The summed E-state index contributed by atoms with van der Waals surface area (Å²) < 4.78 is 0. The molecule has 1 atom stereocenters. The Balaban J connectivity index is 3.02. The molecule has 1 heterocycles. The van der Waals surface area contributed by atoms with Gasteiger partial charge in [-0.15, -0.1) is 0 Å². The van der Waals surface area contributed by atoms with Gasteiger partial charge in [0.25, 0.3) is 0 Å². The first-order valence-electron chi connectivity index (χ1n) is 4.21.